The Kier molecular flexibility index (Phi) is 2.61. The lowest BCUT2D eigenvalue weighted by molar-refractivity contribution is 1.28. The van der Waals surface area contributed by atoms with Gasteiger partial charge < -0.3 is 11.5 Å². The minimum absolute atomic E-state index is 0.433. The summed E-state index contributed by atoms with van der Waals surface area (Å²) < 4.78 is 0. The van der Waals surface area contributed by atoms with Crippen molar-refractivity contribution in [2.45, 2.75) is 6.42 Å². The van der Waals surface area contributed by atoms with E-state index in [0.717, 1.165) is 12.0 Å². The van der Waals surface area contributed by atoms with Crippen LogP contribution < -0.4 is 11.5 Å². The number of nitrogen functional groups attached to an aromatic ring is 2. The zero-order valence-electron chi connectivity index (χ0n) is 6.68. The standard InChI is InChI=1S/C9H11ClN2/c1-2-3-6-4-7(11)9(10)8(12)5-6/h2,4-5H,1,3,11-12H2. The lowest BCUT2D eigenvalue weighted by Gasteiger charge is -2.04. The molecular weight excluding hydrogens is 172 g/mol. The zero-order chi connectivity index (χ0) is 9.14. The Morgan fingerprint density at radius 1 is 1.33 bits per heavy atom. The first kappa shape index (κ1) is 8.94. The Bertz CT molecular complexity index is 284. The van der Waals surface area contributed by atoms with E-state index >= 15 is 0 Å². The summed E-state index contributed by atoms with van der Waals surface area (Å²) >= 11 is 5.77. The maximum absolute atomic E-state index is 5.77. The number of nitrogens with two attached hydrogens (primary N) is 2. The van der Waals surface area contributed by atoms with Crippen molar-refractivity contribution in [3.05, 3.63) is 35.4 Å². The third kappa shape index (κ3) is 1.71. The Labute approximate surface area is 76.8 Å². The highest BCUT2D eigenvalue weighted by atomic mass is 35.5. The zero-order valence-corrected chi connectivity index (χ0v) is 7.43. The van der Waals surface area contributed by atoms with E-state index in [9.17, 15) is 0 Å². The van der Waals surface area contributed by atoms with E-state index in [-0.39, 0.29) is 0 Å². The third-order valence-electron chi connectivity index (χ3n) is 1.57. The van der Waals surface area contributed by atoms with Crippen LogP contribution in [0.15, 0.2) is 24.8 Å². The maximum Gasteiger partial charge on any atom is 0.0864 e. The van der Waals surface area contributed by atoms with Crippen LogP contribution in [0.4, 0.5) is 11.4 Å². The molecule has 0 aliphatic heterocycles. The maximum atomic E-state index is 5.77. The lowest BCUT2D eigenvalue weighted by atomic mass is 10.1. The van der Waals surface area contributed by atoms with E-state index < -0.39 is 0 Å². The predicted octanol–water partition coefficient (Wildman–Crippen LogP) is 2.23. The Morgan fingerprint density at radius 2 is 1.83 bits per heavy atom. The van der Waals surface area contributed by atoms with E-state index in [1.807, 2.05) is 0 Å². The van der Waals surface area contributed by atoms with Crippen LogP contribution in [0.1, 0.15) is 5.56 Å². The van der Waals surface area contributed by atoms with Gasteiger partial charge in [0, 0.05) is 0 Å². The molecule has 0 fully saturated rings. The number of rotatable bonds is 2. The molecule has 0 amide bonds. The highest BCUT2D eigenvalue weighted by molar-refractivity contribution is 6.35. The van der Waals surface area contributed by atoms with Crippen molar-refractivity contribution in [1.29, 1.82) is 0 Å². The molecule has 0 atom stereocenters. The molecule has 3 heteroatoms. The summed E-state index contributed by atoms with van der Waals surface area (Å²) in [6, 6.07) is 3.61. The van der Waals surface area contributed by atoms with Crippen molar-refractivity contribution in [1.82, 2.24) is 0 Å². The van der Waals surface area contributed by atoms with Crippen molar-refractivity contribution in [3.8, 4) is 0 Å². The average molecular weight is 183 g/mol. The molecule has 1 aromatic carbocycles. The molecule has 0 saturated heterocycles. The minimum Gasteiger partial charge on any atom is -0.397 e. The fraction of sp³-hybridized carbons (Fsp3) is 0.111. The van der Waals surface area contributed by atoms with Gasteiger partial charge in [0.15, 0.2) is 0 Å². The van der Waals surface area contributed by atoms with Crippen LogP contribution in [0.5, 0.6) is 0 Å². The third-order valence-corrected chi connectivity index (χ3v) is 2.01. The summed E-state index contributed by atoms with van der Waals surface area (Å²) in [5.41, 5.74) is 13.3. The minimum atomic E-state index is 0.433. The Morgan fingerprint density at radius 3 is 2.25 bits per heavy atom. The average Bonchev–Trinajstić information content (AvgIpc) is 2.01. The van der Waals surface area contributed by atoms with E-state index in [4.69, 9.17) is 23.1 Å². The van der Waals surface area contributed by atoms with Gasteiger partial charge in [-0.1, -0.05) is 17.7 Å². The molecule has 0 heterocycles. The molecule has 0 radical (unpaired) electrons. The molecule has 0 aliphatic rings. The van der Waals surface area contributed by atoms with Gasteiger partial charge in [-0.25, -0.2) is 0 Å². The molecule has 0 aliphatic carbocycles. The number of halogens is 1. The molecule has 4 N–H and O–H groups in total. The molecule has 2 nitrogen and oxygen atoms in total. The Hall–Kier alpha value is -1.15. The highest BCUT2D eigenvalue weighted by Crippen LogP contribution is 2.27. The second kappa shape index (κ2) is 3.50. The van der Waals surface area contributed by atoms with E-state index in [1.54, 1.807) is 18.2 Å². The van der Waals surface area contributed by atoms with Crippen LogP contribution >= 0.6 is 11.6 Å². The number of anilines is 2. The normalized spacial score (nSPS) is 9.75. The lowest BCUT2D eigenvalue weighted by Crippen LogP contribution is -1.95. The van der Waals surface area contributed by atoms with Crippen molar-refractivity contribution in [3.63, 3.8) is 0 Å². The number of benzene rings is 1. The van der Waals surface area contributed by atoms with Crippen LogP contribution in [-0.4, -0.2) is 0 Å². The molecule has 12 heavy (non-hydrogen) atoms. The quantitative estimate of drug-likeness (QED) is 0.545. The van der Waals surface area contributed by atoms with Gasteiger partial charge in [-0.15, -0.1) is 6.58 Å². The van der Waals surface area contributed by atoms with Gasteiger partial charge in [0.05, 0.1) is 16.4 Å². The number of hydrogen-bond acceptors (Lipinski definition) is 2. The van der Waals surface area contributed by atoms with Gasteiger partial charge in [-0.2, -0.15) is 0 Å². The topological polar surface area (TPSA) is 52.0 Å². The second-order valence-corrected chi connectivity index (χ2v) is 2.96. The van der Waals surface area contributed by atoms with Gasteiger partial charge in [0.2, 0.25) is 0 Å². The van der Waals surface area contributed by atoms with E-state index in [2.05, 4.69) is 6.58 Å². The van der Waals surface area contributed by atoms with Gasteiger partial charge in [0.1, 0.15) is 0 Å². The van der Waals surface area contributed by atoms with Crippen LogP contribution in [0.2, 0.25) is 5.02 Å². The molecule has 0 aromatic heterocycles. The largest absolute Gasteiger partial charge is 0.397 e. The first-order valence-corrected chi connectivity index (χ1v) is 3.97. The van der Waals surface area contributed by atoms with E-state index in [1.165, 1.54) is 0 Å². The fourth-order valence-corrected chi connectivity index (χ4v) is 1.13. The molecule has 1 aromatic rings. The number of hydrogen-bond donors (Lipinski definition) is 2. The number of allylic oxidation sites excluding steroid dienone is 1. The molecule has 0 saturated carbocycles. The van der Waals surface area contributed by atoms with Crippen LogP contribution in [0, 0.1) is 0 Å². The monoisotopic (exact) mass is 182 g/mol. The summed E-state index contributed by atoms with van der Waals surface area (Å²) in [4.78, 5) is 0. The van der Waals surface area contributed by atoms with Gasteiger partial charge in [-0.3, -0.25) is 0 Å². The summed E-state index contributed by atoms with van der Waals surface area (Å²) in [6.07, 6.45) is 2.55. The first-order chi connectivity index (χ1) is 5.65. The van der Waals surface area contributed by atoms with Crippen LogP contribution in [-0.2, 0) is 6.42 Å². The molecule has 1 rings (SSSR count). The summed E-state index contributed by atoms with van der Waals surface area (Å²) in [5, 5.41) is 0.433. The second-order valence-electron chi connectivity index (χ2n) is 2.58. The summed E-state index contributed by atoms with van der Waals surface area (Å²) in [6.45, 7) is 3.62. The van der Waals surface area contributed by atoms with Gasteiger partial charge in [0.25, 0.3) is 0 Å². The summed E-state index contributed by atoms with van der Waals surface area (Å²) in [5.74, 6) is 0. The Balaban J connectivity index is 3.11. The van der Waals surface area contributed by atoms with Crippen LogP contribution in [0.25, 0.3) is 0 Å². The smallest absolute Gasteiger partial charge is 0.0864 e. The van der Waals surface area contributed by atoms with E-state index in [0.29, 0.717) is 16.4 Å². The fourth-order valence-electron chi connectivity index (χ4n) is 1.02. The SMILES string of the molecule is C=CCc1cc(N)c(Cl)c(N)c1. The first-order valence-electron chi connectivity index (χ1n) is 3.59. The molecule has 0 bridgehead atoms. The van der Waals surface area contributed by atoms with Crippen molar-refractivity contribution >= 4 is 23.0 Å². The molecular formula is C9H11ClN2. The van der Waals surface area contributed by atoms with Gasteiger partial charge in [-0.05, 0) is 24.1 Å². The highest BCUT2D eigenvalue weighted by Gasteiger charge is 2.02. The molecule has 64 valence electrons. The van der Waals surface area contributed by atoms with Crippen molar-refractivity contribution < 1.29 is 0 Å². The van der Waals surface area contributed by atoms with Crippen molar-refractivity contribution in [2.75, 3.05) is 11.5 Å². The predicted molar refractivity (Wildman–Crippen MR) is 54.2 cm³/mol. The van der Waals surface area contributed by atoms with Crippen LogP contribution in [0.3, 0.4) is 0 Å². The van der Waals surface area contributed by atoms with Crippen molar-refractivity contribution in [2.24, 2.45) is 0 Å². The molecule has 0 spiro atoms. The summed E-state index contributed by atoms with van der Waals surface area (Å²) in [7, 11) is 0. The molecule has 0 unspecified atom stereocenters. The van der Waals surface area contributed by atoms with Gasteiger partial charge >= 0.3 is 0 Å².